The third kappa shape index (κ3) is 5.63. The lowest BCUT2D eigenvalue weighted by molar-refractivity contribution is 0.108. The normalized spacial score (nSPS) is 18.8. The molecule has 3 rings (SSSR count). The molecule has 1 aromatic rings. The van der Waals surface area contributed by atoms with Gasteiger partial charge in [0.25, 0.3) is 0 Å². The second-order valence-electron chi connectivity index (χ2n) is 8.03. The third-order valence-electron chi connectivity index (χ3n) is 6.05. The molecule has 0 atom stereocenters. The average molecular weight is 394 g/mol. The second-order valence-corrected chi connectivity index (χ2v) is 8.03. The van der Waals surface area contributed by atoms with Crippen molar-refractivity contribution in [3.8, 4) is 5.75 Å². The molecule has 2 saturated heterocycles. The van der Waals surface area contributed by atoms with Crippen molar-refractivity contribution in [2.45, 2.75) is 25.8 Å². The zero-order valence-corrected chi connectivity index (χ0v) is 18.1. The number of likely N-dealkylation sites (tertiary alicyclic amines) is 1. The Labute approximate surface area is 176 Å². The van der Waals surface area contributed by atoms with E-state index < -0.39 is 0 Å². The highest BCUT2D eigenvalue weighted by molar-refractivity contribution is 5.62. The van der Waals surface area contributed by atoms with Crippen LogP contribution in [0, 0.1) is 6.92 Å². The molecular formula is C25H35N3O. The van der Waals surface area contributed by atoms with Crippen LogP contribution in [0.1, 0.15) is 18.4 Å². The minimum Gasteiger partial charge on any atom is -0.494 e. The molecule has 0 aromatic heterocycles. The van der Waals surface area contributed by atoms with Gasteiger partial charge in [-0.05, 0) is 62.2 Å². The number of ether oxygens (including phenoxy) is 1. The summed E-state index contributed by atoms with van der Waals surface area (Å²) in [7, 11) is 1.77. The quantitative estimate of drug-likeness (QED) is 0.514. The minimum atomic E-state index is 0.706. The van der Waals surface area contributed by atoms with Crippen LogP contribution in [0.4, 0.5) is 5.69 Å². The standard InChI is InChI=1S/C25H35N3O/c1-5-6-7-9-21(2)20-26-14-12-23(13-15-26)27-16-18-28(19-17-27)24-11-8-10-22(3)25(24)29-4/h5-6,8-11,23H,1-2,12-20H2,3-4H3. The Morgan fingerprint density at radius 3 is 2.55 bits per heavy atom. The van der Waals surface area contributed by atoms with Crippen molar-refractivity contribution in [2.75, 3.05) is 57.8 Å². The molecule has 0 saturated carbocycles. The molecule has 2 fully saturated rings. The van der Waals surface area contributed by atoms with Crippen molar-refractivity contribution < 1.29 is 4.74 Å². The van der Waals surface area contributed by atoms with Gasteiger partial charge in [0.1, 0.15) is 5.75 Å². The summed E-state index contributed by atoms with van der Waals surface area (Å²) in [6, 6.07) is 7.14. The number of piperazine rings is 1. The lowest BCUT2D eigenvalue weighted by Crippen LogP contribution is -2.53. The smallest absolute Gasteiger partial charge is 0.145 e. The number of methoxy groups -OCH3 is 1. The van der Waals surface area contributed by atoms with Crippen LogP contribution in [0.3, 0.4) is 0 Å². The zero-order chi connectivity index (χ0) is 20.6. The third-order valence-corrected chi connectivity index (χ3v) is 6.05. The SMILES string of the molecule is C=CC=C=CC(=C)CN1CCC(N2CCN(c3cccc(C)c3OC)CC2)CC1. The Kier molecular flexibility index (Phi) is 7.76. The predicted molar refractivity (Wildman–Crippen MR) is 123 cm³/mol. The highest BCUT2D eigenvalue weighted by atomic mass is 16.5. The first-order chi connectivity index (χ1) is 14.1. The van der Waals surface area contributed by atoms with E-state index in [-0.39, 0.29) is 0 Å². The lowest BCUT2D eigenvalue weighted by Gasteiger charge is -2.43. The van der Waals surface area contributed by atoms with Crippen LogP contribution in [-0.2, 0) is 0 Å². The second kappa shape index (κ2) is 10.5. The van der Waals surface area contributed by atoms with Crippen LogP contribution >= 0.6 is 0 Å². The summed E-state index contributed by atoms with van der Waals surface area (Å²) in [5, 5.41) is 0. The maximum Gasteiger partial charge on any atom is 0.145 e. The summed E-state index contributed by atoms with van der Waals surface area (Å²) in [6.45, 7) is 17.6. The van der Waals surface area contributed by atoms with Gasteiger partial charge in [-0.1, -0.05) is 31.4 Å². The molecular weight excluding hydrogens is 358 g/mol. The summed E-state index contributed by atoms with van der Waals surface area (Å²) in [4.78, 5) is 7.68. The van der Waals surface area contributed by atoms with Gasteiger partial charge in [-0.2, -0.15) is 0 Å². The van der Waals surface area contributed by atoms with E-state index in [0.29, 0.717) is 6.04 Å². The van der Waals surface area contributed by atoms with Gasteiger partial charge in [0, 0.05) is 38.8 Å². The molecule has 1 aromatic carbocycles. The maximum atomic E-state index is 5.67. The summed E-state index contributed by atoms with van der Waals surface area (Å²) in [5.74, 6) is 1.02. The zero-order valence-electron chi connectivity index (χ0n) is 18.1. The minimum absolute atomic E-state index is 0.706. The number of aryl methyl sites for hydroxylation is 1. The van der Waals surface area contributed by atoms with Crippen LogP contribution in [-0.4, -0.2) is 68.8 Å². The highest BCUT2D eigenvalue weighted by Crippen LogP contribution is 2.32. The number of anilines is 1. The van der Waals surface area contributed by atoms with Gasteiger partial charge in [0.2, 0.25) is 0 Å². The molecule has 0 radical (unpaired) electrons. The van der Waals surface area contributed by atoms with Gasteiger partial charge >= 0.3 is 0 Å². The van der Waals surface area contributed by atoms with E-state index in [9.17, 15) is 0 Å². The average Bonchev–Trinajstić information content (AvgIpc) is 2.74. The fourth-order valence-corrected chi connectivity index (χ4v) is 4.49. The van der Waals surface area contributed by atoms with E-state index in [0.717, 1.165) is 57.1 Å². The summed E-state index contributed by atoms with van der Waals surface area (Å²) >= 11 is 0. The lowest BCUT2D eigenvalue weighted by atomic mass is 10.0. The Hall–Kier alpha value is -2.26. The van der Waals surface area contributed by atoms with Crippen molar-refractivity contribution >= 4 is 5.69 Å². The van der Waals surface area contributed by atoms with Gasteiger partial charge in [-0.3, -0.25) is 9.80 Å². The molecule has 4 heteroatoms. The van der Waals surface area contributed by atoms with E-state index in [1.54, 1.807) is 13.2 Å². The number of benzene rings is 1. The van der Waals surface area contributed by atoms with E-state index in [2.05, 4.69) is 58.7 Å². The number of hydrogen-bond donors (Lipinski definition) is 0. The fraction of sp³-hybridized carbons (Fsp3) is 0.480. The molecule has 0 bridgehead atoms. The van der Waals surface area contributed by atoms with Gasteiger partial charge in [0.15, 0.2) is 0 Å². The number of nitrogens with zero attached hydrogens (tertiary/aromatic N) is 3. The van der Waals surface area contributed by atoms with E-state index in [1.165, 1.54) is 24.1 Å². The molecule has 0 aliphatic carbocycles. The number of piperidine rings is 1. The topological polar surface area (TPSA) is 19.0 Å². The first kappa shape index (κ1) is 21.4. The van der Waals surface area contributed by atoms with E-state index in [4.69, 9.17) is 4.74 Å². The van der Waals surface area contributed by atoms with Gasteiger partial charge in [-0.15, -0.1) is 5.73 Å². The van der Waals surface area contributed by atoms with E-state index in [1.807, 2.05) is 12.2 Å². The molecule has 29 heavy (non-hydrogen) atoms. The molecule has 156 valence electrons. The summed E-state index contributed by atoms with van der Waals surface area (Å²) in [5.41, 5.74) is 6.65. The van der Waals surface area contributed by atoms with Gasteiger partial charge in [0.05, 0.1) is 12.8 Å². The molecule has 0 unspecified atom stereocenters. The van der Waals surface area contributed by atoms with Crippen molar-refractivity contribution in [3.05, 3.63) is 66.5 Å². The molecule has 0 spiro atoms. The molecule has 2 aliphatic heterocycles. The number of hydrogen-bond acceptors (Lipinski definition) is 4. The van der Waals surface area contributed by atoms with Gasteiger partial charge in [-0.25, -0.2) is 0 Å². The fourth-order valence-electron chi connectivity index (χ4n) is 4.49. The molecule has 2 aliphatic rings. The van der Waals surface area contributed by atoms with Crippen LogP contribution in [0.2, 0.25) is 0 Å². The van der Waals surface area contributed by atoms with Crippen LogP contribution < -0.4 is 9.64 Å². The Balaban J connectivity index is 1.47. The largest absolute Gasteiger partial charge is 0.494 e. The first-order valence-electron chi connectivity index (χ1n) is 10.7. The predicted octanol–water partition coefficient (Wildman–Crippen LogP) is 4.04. The number of allylic oxidation sites excluding steroid dienone is 1. The van der Waals surface area contributed by atoms with Crippen LogP contribution in [0.15, 0.2) is 60.9 Å². The maximum absolute atomic E-state index is 5.67. The molecule has 0 amide bonds. The monoisotopic (exact) mass is 393 g/mol. The molecule has 0 N–H and O–H groups in total. The van der Waals surface area contributed by atoms with Crippen LogP contribution in [0.25, 0.3) is 0 Å². The van der Waals surface area contributed by atoms with E-state index >= 15 is 0 Å². The Morgan fingerprint density at radius 2 is 1.90 bits per heavy atom. The summed E-state index contributed by atoms with van der Waals surface area (Å²) in [6.07, 6.45) is 8.01. The molecule has 2 heterocycles. The van der Waals surface area contributed by atoms with Crippen molar-refractivity contribution in [1.82, 2.24) is 9.80 Å². The van der Waals surface area contributed by atoms with Crippen molar-refractivity contribution in [1.29, 1.82) is 0 Å². The Morgan fingerprint density at radius 1 is 1.17 bits per heavy atom. The van der Waals surface area contributed by atoms with Crippen molar-refractivity contribution in [3.63, 3.8) is 0 Å². The highest BCUT2D eigenvalue weighted by Gasteiger charge is 2.28. The molecule has 4 nitrogen and oxygen atoms in total. The van der Waals surface area contributed by atoms with Crippen LogP contribution in [0.5, 0.6) is 5.75 Å². The first-order valence-corrected chi connectivity index (χ1v) is 10.7. The number of rotatable bonds is 7. The van der Waals surface area contributed by atoms with Gasteiger partial charge < -0.3 is 9.64 Å². The summed E-state index contributed by atoms with van der Waals surface area (Å²) < 4.78 is 5.67. The number of para-hydroxylation sites is 1. The van der Waals surface area contributed by atoms with Crippen molar-refractivity contribution in [2.24, 2.45) is 0 Å². The Bertz CT molecular complexity index is 762.